The van der Waals surface area contributed by atoms with Gasteiger partial charge in [-0.3, -0.25) is 14.9 Å². The Morgan fingerprint density at radius 1 is 1.08 bits per heavy atom. The van der Waals surface area contributed by atoms with E-state index in [1.165, 1.54) is 18.4 Å². The second-order valence-corrected chi connectivity index (χ2v) is 6.13. The summed E-state index contributed by atoms with van der Waals surface area (Å²) in [6.45, 7) is 1.89. The van der Waals surface area contributed by atoms with Gasteiger partial charge in [0.05, 0.1) is 23.0 Å². The predicted molar refractivity (Wildman–Crippen MR) is 94.6 cm³/mol. The van der Waals surface area contributed by atoms with Crippen molar-refractivity contribution in [2.24, 2.45) is 0 Å². The molecule has 0 radical (unpaired) electrons. The zero-order valence-electron chi connectivity index (χ0n) is 13.1. The molecule has 1 aromatic heterocycles. The number of nitrogens with one attached hydrogen (secondary N) is 2. The van der Waals surface area contributed by atoms with Crippen molar-refractivity contribution in [1.29, 1.82) is 0 Å². The zero-order valence-corrected chi connectivity index (χ0v) is 13.9. The molecule has 0 saturated carbocycles. The minimum absolute atomic E-state index is 0.382. The molecule has 3 rings (SSSR count). The third kappa shape index (κ3) is 3.36. The number of aromatic nitrogens is 1. The first-order valence-electron chi connectivity index (χ1n) is 7.19. The van der Waals surface area contributed by atoms with Gasteiger partial charge in [-0.15, -0.1) is 0 Å². The number of rotatable bonds is 3. The van der Waals surface area contributed by atoms with Crippen LogP contribution in [-0.4, -0.2) is 23.9 Å². The molecule has 0 fully saturated rings. The quantitative estimate of drug-likeness (QED) is 0.717. The van der Waals surface area contributed by atoms with Gasteiger partial charge in [-0.1, -0.05) is 29.5 Å². The molecule has 0 atom stereocenters. The van der Waals surface area contributed by atoms with E-state index in [4.69, 9.17) is 4.74 Å². The largest absolute Gasteiger partial charge is 0.495 e. The Kier molecular flexibility index (Phi) is 4.43. The maximum Gasteiger partial charge on any atom is 0.315 e. The molecule has 0 saturated heterocycles. The van der Waals surface area contributed by atoms with Crippen LogP contribution in [0.2, 0.25) is 0 Å². The van der Waals surface area contributed by atoms with Crippen molar-refractivity contribution in [2.45, 2.75) is 6.92 Å². The highest BCUT2D eigenvalue weighted by molar-refractivity contribution is 7.22. The number of hydrogen-bond acceptors (Lipinski definition) is 5. The van der Waals surface area contributed by atoms with Crippen molar-refractivity contribution in [3.63, 3.8) is 0 Å². The molecule has 0 aliphatic rings. The number of thiazole rings is 1. The lowest BCUT2D eigenvalue weighted by Gasteiger charge is -2.10. The lowest BCUT2D eigenvalue weighted by atomic mass is 10.2. The summed E-state index contributed by atoms with van der Waals surface area (Å²) in [4.78, 5) is 28.5. The maximum absolute atomic E-state index is 12.1. The third-order valence-corrected chi connectivity index (χ3v) is 4.28. The topological polar surface area (TPSA) is 80.3 Å². The number of aryl methyl sites for hydroxylation is 1. The van der Waals surface area contributed by atoms with Crippen molar-refractivity contribution in [3.8, 4) is 5.75 Å². The van der Waals surface area contributed by atoms with E-state index < -0.39 is 11.8 Å². The average Bonchev–Trinajstić information content (AvgIpc) is 2.97. The van der Waals surface area contributed by atoms with Gasteiger partial charge in [-0.25, -0.2) is 4.98 Å². The fourth-order valence-electron chi connectivity index (χ4n) is 2.18. The molecular formula is C17H15N3O3S. The number of fused-ring (bicyclic) bond motifs is 1. The van der Waals surface area contributed by atoms with Crippen LogP contribution in [0.3, 0.4) is 0 Å². The molecule has 0 unspecified atom stereocenters. The molecule has 6 nitrogen and oxygen atoms in total. The van der Waals surface area contributed by atoms with Gasteiger partial charge < -0.3 is 10.1 Å². The molecule has 2 amide bonds. The number of carbonyl (C=O) groups excluding carboxylic acids is 2. The van der Waals surface area contributed by atoms with Crippen molar-refractivity contribution in [2.75, 3.05) is 17.7 Å². The molecule has 7 heteroatoms. The zero-order chi connectivity index (χ0) is 17.1. The average molecular weight is 341 g/mol. The summed E-state index contributed by atoms with van der Waals surface area (Å²) in [5.41, 5.74) is 2.16. The standard InChI is InChI=1S/C17H15N3O3S/c1-10-7-8-13(23-2)12(9-10)18-15(21)16(22)20-17-19-11-5-3-4-6-14(11)24-17/h3-9H,1-2H3,(H,18,21)(H,19,20,22). The van der Waals surface area contributed by atoms with E-state index in [0.29, 0.717) is 16.6 Å². The van der Waals surface area contributed by atoms with Gasteiger partial charge in [0.15, 0.2) is 5.13 Å². The van der Waals surface area contributed by atoms with Gasteiger partial charge in [-0.2, -0.15) is 0 Å². The molecule has 24 heavy (non-hydrogen) atoms. The number of ether oxygens (including phenoxy) is 1. The molecule has 0 bridgehead atoms. The van der Waals surface area contributed by atoms with Crippen molar-refractivity contribution < 1.29 is 14.3 Å². The molecule has 0 aliphatic heterocycles. The Balaban J connectivity index is 1.73. The molecule has 2 N–H and O–H groups in total. The van der Waals surface area contributed by atoms with E-state index >= 15 is 0 Å². The Morgan fingerprint density at radius 2 is 1.83 bits per heavy atom. The van der Waals surface area contributed by atoms with E-state index in [-0.39, 0.29) is 0 Å². The SMILES string of the molecule is COc1ccc(C)cc1NC(=O)C(=O)Nc1nc2ccccc2s1. The summed E-state index contributed by atoms with van der Waals surface area (Å²) < 4.78 is 6.12. The first kappa shape index (κ1) is 15.9. The smallest absolute Gasteiger partial charge is 0.315 e. The molecule has 3 aromatic rings. The van der Waals surface area contributed by atoms with Gasteiger partial charge in [0.1, 0.15) is 5.75 Å². The highest BCUT2D eigenvalue weighted by Gasteiger charge is 2.17. The van der Waals surface area contributed by atoms with Crippen LogP contribution in [-0.2, 0) is 9.59 Å². The van der Waals surface area contributed by atoms with Crippen LogP contribution in [0.5, 0.6) is 5.75 Å². The van der Waals surface area contributed by atoms with Crippen LogP contribution in [0, 0.1) is 6.92 Å². The first-order valence-corrected chi connectivity index (χ1v) is 8.01. The molecular weight excluding hydrogens is 326 g/mol. The number of amides is 2. The number of carbonyl (C=O) groups is 2. The monoisotopic (exact) mass is 341 g/mol. The van der Waals surface area contributed by atoms with Gasteiger partial charge in [0.2, 0.25) is 0 Å². The van der Waals surface area contributed by atoms with Gasteiger partial charge in [0, 0.05) is 0 Å². The van der Waals surface area contributed by atoms with Gasteiger partial charge >= 0.3 is 11.8 Å². The number of nitrogens with zero attached hydrogens (tertiary/aromatic N) is 1. The fraction of sp³-hybridized carbons (Fsp3) is 0.118. The second kappa shape index (κ2) is 6.67. The third-order valence-electron chi connectivity index (χ3n) is 3.32. The first-order chi connectivity index (χ1) is 11.6. The summed E-state index contributed by atoms with van der Waals surface area (Å²) in [6.07, 6.45) is 0. The van der Waals surface area contributed by atoms with Crippen LogP contribution < -0.4 is 15.4 Å². The summed E-state index contributed by atoms with van der Waals surface area (Å²) in [5, 5.41) is 5.46. The Bertz CT molecular complexity index is 887. The summed E-state index contributed by atoms with van der Waals surface area (Å²) in [7, 11) is 1.50. The fourth-order valence-corrected chi connectivity index (χ4v) is 3.04. The maximum atomic E-state index is 12.1. The Labute approximate surface area is 142 Å². The van der Waals surface area contributed by atoms with E-state index in [9.17, 15) is 9.59 Å². The van der Waals surface area contributed by atoms with Crippen molar-refractivity contribution in [1.82, 2.24) is 4.98 Å². The minimum Gasteiger partial charge on any atom is -0.495 e. The van der Waals surface area contributed by atoms with E-state index in [1.54, 1.807) is 12.1 Å². The molecule has 0 aliphatic carbocycles. The van der Waals surface area contributed by atoms with Crippen LogP contribution in [0.15, 0.2) is 42.5 Å². The molecule has 1 heterocycles. The number of para-hydroxylation sites is 1. The van der Waals surface area contributed by atoms with E-state index in [1.807, 2.05) is 37.3 Å². The Hall–Kier alpha value is -2.93. The highest BCUT2D eigenvalue weighted by Crippen LogP contribution is 2.26. The summed E-state index contributed by atoms with van der Waals surface area (Å²) >= 11 is 1.31. The van der Waals surface area contributed by atoms with Crippen molar-refractivity contribution in [3.05, 3.63) is 48.0 Å². The molecule has 0 spiro atoms. The predicted octanol–water partition coefficient (Wildman–Crippen LogP) is 3.19. The van der Waals surface area contributed by atoms with Gasteiger partial charge in [0.25, 0.3) is 0 Å². The van der Waals surface area contributed by atoms with Crippen LogP contribution in [0.4, 0.5) is 10.8 Å². The normalized spacial score (nSPS) is 10.4. The second-order valence-electron chi connectivity index (χ2n) is 5.10. The van der Waals surface area contributed by atoms with E-state index in [0.717, 1.165) is 15.8 Å². The van der Waals surface area contributed by atoms with E-state index in [2.05, 4.69) is 15.6 Å². The van der Waals surface area contributed by atoms with Gasteiger partial charge in [-0.05, 0) is 36.8 Å². The number of anilines is 2. The van der Waals surface area contributed by atoms with Crippen LogP contribution >= 0.6 is 11.3 Å². The van der Waals surface area contributed by atoms with Crippen LogP contribution in [0.1, 0.15) is 5.56 Å². The lowest BCUT2D eigenvalue weighted by molar-refractivity contribution is -0.133. The number of benzene rings is 2. The number of methoxy groups -OCH3 is 1. The van der Waals surface area contributed by atoms with Crippen LogP contribution in [0.25, 0.3) is 10.2 Å². The Morgan fingerprint density at radius 3 is 2.58 bits per heavy atom. The minimum atomic E-state index is -0.780. The lowest BCUT2D eigenvalue weighted by Crippen LogP contribution is -2.29. The molecule has 2 aromatic carbocycles. The highest BCUT2D eigenvalue weighted by atomic mass is 32.1. The molecule has 122 valence electrons. The summed E-state index contributed by atoms with van der Waals surface area (Å²) in [5.74, 6) is -1.07. The number of hydrogen-bond donors (Lipinski definition) is 2. The summed E-state index contributed by atoms with van der Waals surface area (Å²) in [6, 6.07) is 12.8. The van der Waals surface area contributed by atoms with Crippen molar-refractivity contribution >= 4 is 44.2 Å².